The van der Waals surface area contributed by atoms with Crippen LogP contribution in [0.2, 0.25) is 0 Å². The van der Waals surface area contributed by atoms with Gasteiger partial charge in [0, 0.05) is 18.2 Å². The molecule has 1 aromatic heterocycles. The van der Waals surface area contributed by atoms with Gasteiger partial charge in [0.05, 0.1) is 5.92 Å². The van der Waals surface area contributed by atoms with Gasteiger partial charge in [-0.15, -0.1) is 0 Å². The third-order valence-corrected chi connectivity index (χ3v) is 3.99. The van der Waals surface area contributed by atoms with Crippen molar-refractivity contribution in [1.29, 1.82) is 0 Å². The summed E-state index contributed by atoms with van der Waals surface area (Å²) in [5, 5.41) is 2.92. The molecule has 2 aromatic rings. The average Bonchev–Trinajstić information content (AvgIpc) is 3.19. The number of hydrogen-bond acceptors (Lipinski definition) is 4. The molecule has 0 radical (unpaired) electrons. The van der Waals surface area contributed by atoms with E-state index in [-0.39, 0.29) is 17.7 Å². The van der Waals surface area contributed by atoms with E-state index in [0.717, 1.165) is 35.5 Å². The third kappa shape index (κ3) is 2.93. The molecule has 1 aromatic carbocycles. The zero-order valence-electron chi connectivity index (χ0n) is 12.4. The van der Waals surface area contributed by atoms with Crippen LogP contribution in [-0.2, 0) is 4.79 Å². The van der Waals surface area contributed by atoms with Gasteiger partial charge >= 0.3 is 0 Å². The molecule has 0 saturated heterocycles. The van der Waals surface area contributed by atoms with Gasteiger partial charge in [0.15, 0.2) is 11.5 Å². The summed E-state index contributed by atoms with van der Waals surface area (Å²) < 4.78 is 5.71. The smallest absolute Gasteiger partial charge is 0.229 e. The number of carbonyl (C=O) groups is 1. The Hall–Kier alpha value is -1.88. The standard InChI is InChI=1S/C16H21N3O2/c1-9(2)12(8-17)15(20)18-11-5-6-14-13(7-11)19-16(21-14)10-3-4-10/h5-7,9-10,12H,3-4,8,17H2,1-2H3,(H,18,20). The van der Waals surface area contributed by atoms with Gasteiger partial charge in [-0.1, -0.05) is 13.8 Å². The number of oxazole rings is 1. The average molecular weight is 287 g/mol. The maximum Gasteiger partial charge on any atom is 0.229 e. The number of anilines is 1. The molecule has 1 atom stereocenters. The molecule has 5 heteroatoms. The number of amides is 1. The van der Waals surface area contributed by atoms with Crippen molar-refractivity contribution >= 4 is 22.7 Å². The van der Waals surface area contributed by atoms with Crippen molar-refractivity contribution in [3.63, 3.8) is 0 Å². The maximum atomic E-state index is 12.2. The Labute approximate surface area is 123 Å². The Morgan fingerprint density at radius 3 is 2.86 bits per heavy atom. The Morgan fingerprint density at radius 1 is 1.48 bits per heavy atom. The molecule has 1 aliphatic rings. The highest BCUT2D eigenvalue weighted by atomic mass is 16.3. The lowest BCUT2D eigenvalue weighted by molar-refractivity contribution is -0.120. The first kappa shape index (κ1) is 14.1. The fourth-order valence-corrected chi connectivity index (χ4v) is 2.44. The fraction of sp³-hybridized carbons (Fsp3) is 0.500. The molecule has 21 heavy (non-hydrogen) atoms. The second-order valence-corrected chi connectivity index (χ2v) is 6.08. The van der Waals surface area contributed by atoms with Crippen LogP contribution in [-0.4, -0.2) is 17.4 Å². The minimum atomic E-state index is -0.181. The fourth-order valence-electron chi connectivity index (χ4n) is 2.44. The van der Waals surface area contributed by atoms with Crippen molar-refractivity contribution in [2.75, 3.05) is 11.9 Å². The minimum absolute atomic E-state index is 0.0437. The summed E-state index contributed by atoms with van der Waals surface area (Å²) >= 11 is 0. The Kier molecular flexibility index (Phi) is 3.68. The van der Waals surface area contributed by atoms with E-state index in [1.165, 1.54) is 0 Å². The van der Waals surface area contributed by atoms with Gasteiger partial charge in [-0.2, -0.15) is 0 Å². The molecule has 1 saturated carbocycles. The van der Waals surface area contributed by atoms with E-state index in [2.05, 4.69) is 10.3 Å². The number of nitrogens with one attached hydrogen (secondary N) is 1. The van der Waals surface area contributed by atoms with E-state index in [1.54, 1.807) is 0 Å². The highest BCUT2D eigenvalue weighted by Gasteiger charge is 2.29. The van der Waals surface area contributed by atoms with Crippen LogP contribution in [0.15, 0.2) is 22.6 Å². The van der Waals surface area contributed by atoms with Crippen LogP contribution < -0.4 is 11.1 Å². The Bertz CT molecular complexity index is 659. The molecule has 0 aliphatic heterocycles. The summed E-state index contributed by atoms with van der Waals surface area (Å²) in [5.74, 6) is 1.29. The minimum Gasteiger partial charge on any atom is -0.440 e. The molecule has 5 nitrogen and oxygen atoms in total. The van der Waals surface area contributed by atoms with Gasteiger partial charge < -0.3 is 15.5 Å². The van der Waals surface area contributed by atoms with E-state index in [9.17, 15) is 4.79 Å². The number of carbonyl (C=O) groups excluding carboxylic acids is 1. The predicted molar refractivity (Wildman–Crippen MR) is 82.0 cm³/mol. The van der Waals surface area contributed by atoms with E-state index >= 15 is 0 Å². The number of aromatic nitrogens is 1. The van der Waals surface area contributed by atoms with Crippen LogP contribution in [0.3, 0.4) is 0 Å². The highest BCUT2D eigenvalue weighted by Crippen LogP contribution is 2.40. The monoisotopic (exact) mass is 287 g/mol. The van der Waals surface area contributed by atoms with Crippen molar-refractivity contribution in [3.05, 3.63) is 24.1 Å². The maximum absolute atomic E-state index is 12.2. The van der Waals surface area contributed by atoms with Crippen LogP contribution in [0.25, 0.3) is 11.1 Å². The molecule has 0 bridgehead atoms. The van der Waals surface area contributed by atoms with Crippen molar-refractivity contribution < 1.29 is 9.21 Å². The molecule has 1 aliphatic carbocycles. The first-order valence-corrected chi connectivity index (χ1v) is 7.50. The van der Waals surface area contributed by atoms with E-state index in [1.807, 2.05) is 32.0 Å². The summed E-state index contributed by atoms with van der Waals surface area (Å²) in [5.41, 5.74) is 7.98. The van der Waals surface area contributed by atoms with Gasteiger partial charge in [0.1, 0.15) is 5.52 Å². The van der Waals surface area contributed by atoms with Gasteiger partial charge in [0.2, 0.25) is 5.91 Å². The van der Waals surface area contributed by atoms with Crippen molar-refractivity contribution in [1.82, 2.24) is 4.98 Å². The summed E-state index contributed by atoms with van der Waals surface area (Å²) in [6.45, 7) is 4.35. The first-order chi connectivity index (χ1) is 10.1. The number of fused-ring (bicyclic) bond motifs is 1. The van der Waals surface area contributed by atoms with Gasteiger partial charge in [0.25, 0.3) is 0 Å². The number of benzene rings is 1. The zero-order valence-corrected chi connectivity index (χ0v) is 12.4. The van der Waals surface area contributed by atoms with Crippen LogP contribution in [0.4, 0.5) is 5.69 Å². The van der Waals surface area contributed by atoms with Crippen molar-refractivity contribution in [2.45, 2.75) is 32.6 Å². The molecule has 3 rings (SSSR count). The molecular weight excluding hydrogens is 266 g/mol. The third-order valence-electron chi connectivity index (χ3n) is 3.99. The number of hydrogen-bond donors (Lipinski definition) is 2. The molecule has 1 unspecified atom stereocenters. The molecule has 1 amide bonds. The van der Waals surface area contributed by atoms with Crippen LogP contribution in [0.5, 0.6) is 0 Å². The number of rotatable bonds is 5. The molecule has 1 heterocycles. The normalized spacial score (nSPS) is 16.4. The lowest BCUT2D eigenvalue weighted by atomic mass is 9.95. The SMILES string of the molecule is CC(C)C(CN)C(=O)Nc1ccc2oc(C3CC3)nc2c1. The van der Waals surface area contributed by atoms with Gasteiger partial charge in [-0.05, 0) is 37.0 Å². The first-order valence-electron chi connectivity index (χ1n) is 7.50. The zero-order chi connectivity index (χ0) is 15.0. The van der Waals surface area contributed by atoms with E-state index in [4.69, 9.17) is 10.2 Å². The number of nitrogens with two attached hydrogens (primary N) is 1. The summed E-state index contributed by atoms with van der Waals surface area (Å²) in [7, 11) is 0. The molecule has 112 valence electrons. The van der Waals surface area contributed by atoms with E-state index in [0.29, 0.717) is 12.5 Å². The van der Waals surface area contributed by atoms with Gasteiger partial charge in [-0.3, -0.25) is 4.79 Å². The van der Waals surface area contributed by atoms with Crippen LogP contribution in [0.1, 0.15) is 38.5 Å². The molecular formula is C16H21N3O2. The summed E-state index contributed by atoms with van der Waals surface area (Å²) in [6.07, 6.45) is 2.31. The Balaban J connectivity index is 1.79. The van der Waals surface area contributed by atoms with Gasteiger partial charge in [-0.25, -0.2) is 4.98 Å². The largest absolute Gasteiger partial charge is 0.440 e. The lowest BCUT2D eigenvalue weighted by Gasteiger charge is -2.18. The predicted octanol–water partition coefficient (Wildman–Crippen LogP) is 2.87. The second-order valence-electron chi connectivity index (χ2n) is 6.08. The Morgan fingerprint density at radius 2 is 2.24 bits per heavy atom. The highest BCUT2D eigenvalue weighted by molar-refractivity contribution is 5.94. The topological polar surface area (TPSA) is 81.2 Å². The van der Waals surface area contributed by atoms with Crippen molar-refractivity contribution in [2.24, 2.45) is 17.6 Å². The van der Waals surface area contributed by atoms with Crippen LogP contribution >= 0.6 is 0 Å². The molecule has 3 N–H and O–H groups in total. The lowest BCUT2D eigenvalue weighted by Crippen LogP contribution is -2.33. The second kappa shape index (κ2) is 5.48. The quantitative estimate of drug-likeness (QED) is 0.886. The van der Waals surface area contributed by atoms with Crippen molar-refractivity contribution in [3.8, 4) is 0 Å². The number of nitrogens with zero attached hydrogens (tertiary/aromatic N) is 1. The van der Waals surface area contributed by atoms with Crippen LogP contribution in [0, 0.1) is 11.8 Å². The summed E-state index contributed by atoms with van der Waals surface area (Å²) in [4.78, 5) is 16.7. The van der Waals surface area contributed by atoms with E-state index < -0.39 is 0 Å². The molecule has 0 spiro atoms. The molecule has 1 fully saturated rings. The summed E-state index contributed by atoms with van der Waals surface area (Å²) in [6, 6.07) is 5.56.